The summed E-state index contributed by atoms with van der Waals surface area (Å²) >= 11 is 0. The average Bonchev–Trinajstić information content (AvgIpc) is 3.77. The number of fused-ring (bicyclic) bond motifs is 5. The number of nitrogens with zero attached hydrogens (tertiary/aromatic N) is 6. The number of hydrogen-bond acceptors (Lipinski definition) is 16. The monoisotopic (exact) mass is 883 g/mol. The maximum absolute atomic E-state index is 14.6. The highest BCUT2D eigenvalue weighted by Gasteiger charge is 2.55. The van der Waals surface area contributed by atoms with Gasteiger partial charge in [0.05, 0.1) is 31.0 Å². The molecule has 3 aliphatic rings. The zero-order chi connectivity index (χ0) is 46.4. The molecule has 3 fully saturated rings. The molecule has 63 heavy (non-hydrogen) atoms. The predicted molar refractivity (Wildman–Crippen MR) is 229 cm³/mol. The molecule has 19 heteroatoms. The van der Waals surface area contributed by atoms with Crippen molar-refractivity contribution in [3.8, 4) is 5.82 Å². The van der Waals surface area contributed by atoms with E-state index in [0.29, 0.717) is 23.5 Å². The minimum absolute atomic E-state index is 0.00704. The lowest BCUT2D eigenvalue weighted by Gasteiger charge is -2.47. The Bertz CT molecular complexity index is 1960. The van der Waals surface area contributed by atoms with Gasteiger partial charge in [-0.1, -0.05) is 38.9 Å². The summed E-state index contributed by atoms with van der Waals surface area (Å²) < 4.78 is 40.3. The summed E-state index contributed by atoms with van der Waals surface area (Å²) in [6.45, 7) is 14.4. The molecule has 13 atom stereocenters. The summed E-state index contributed by atoms with van der Waals surface area (Å²) in [7, 11) is 3.71. The van der Waals surface area contributed by atoms with Crippen LogP contribution < -0.4 is 5.73 Å². The Labute approximate surface area is 369 Å². The number of carbonyl (C=O) groups excluding carboxylic acids is 4. The second kappa shape index (κ2) is 20.9. The number of esters is 1. The summed E-state index contributed by atoms with van der Waals surface area (Å²) in [6.07, 6.45) is -1.67. The van der Waals surface area contributed by atoms with Crippen LogP contribution in [0.4, 0.5) is 4.79 Å². The molecule has 2 aromatic heterocycles. The maximum Gasteiger partial charge on any atom is 0.405 e. The van der Waals surface area contributed by atoms with Gasteiger partial charge in [0.2, 0.25) is 5.91 Å². The van der Waals surface area contributed by atoms with Crippen LogP contribution in [0.25, 0.3) is 5.82 Å². The van der Waals surface area contributed by atoms with Crippen LogP contribution in [-0.4, -0.2) is 141 Å². The number of aliphatic imine (C=N–C) groups is 1. The van der Waals surface area contributed by atoms with E-state index in [1.54, 1.807) is 63.1 Å². The Morgan fingerprint density at radius 2 is 1.83 bits per heavy atom. The van der Waals surface area contributed by atoms with Crippen LogP contribution in [0.15, 0.2) is 46.9 Å². The maximum atomic E-state index is 14.6. The molecule has 3 N–H and O–H groups in total. The predicted octanol–water partition coefficient (Wildman–Crippen LogP) is 3.81. The number of primary amides is 1. The number of aliphatic hydroxyl groups excluding tert-OH is 1. The van der Waals surface area contributed by atoms with Crippen molar-refractivity contribution in [3.05, 3.63) is 42.4 Å². The van der Waals surface area contributed by atoms with Crippen molar-refractivity contribution in [2.75, 3.05) is 27.3 Å². The number of Topliss-reactive ketones (excluding diaryl/α,β-unsaturated/α-hetero) is 1. The zero-order valence-electron chi connectivity index (χ0n) is 38.3. The molecule has 2 amide bonds. The average molecular weight is 884 g/mol. The van der Waals surface area contributed by atoms with Crippen molar-refractivity contribution in [2.24, 2.45) is 39.6 Å². The van der Waals surface area contributed by atoms with Gasteiger partial charge in [0, 0.05) is 54.7 Å². The van der Waals surface area contributed by atoms with Gasteiger partial charge in [-0.3, -0.25) is 14.4 Å². The lowest BCUT2D eigenvalue weighted by Crippen LogP contribution is -2.61. The fraction of sp³-hybridized carbons (Fsp3) is 0.682. The van der Waals surface area contributed by atoms with Crippen LogP contribution in [0.2, 0.25) is 0 Å². The molecule has 2 bridgehead atoms. The first kappa shape index (κ1) is 49.4. The lowest BCUT2D eigenvalue weighted by atomic mass is 9.73. The van der Waals surface area contributed by atoms with Crippen molar-refractivity contribution < 1.29 is 57.5 Å². The Balaban J connectivity index is 1.68. The fourth-order valence-corrected chi connectivity index (χ4v) is 9.16. The van der Waals surface area contributed by atoms with Crippen LogP contribution >= 0.6 is 0 Å². The van der Waals surface area contributed by atoms with E-state index in [0.717, 1.165) is 0 Å². The number of oxime groups is 1. The minimum atomic E-state index is -1.81. The molecule has 1 unspecified atom stereocenters. The molecule has 3 aliphatic heterocycles. The van der Waals surface area contributed by atoms with Gasteiger partial charge < -0.3 is 49.0 Å². The van der Waals surface area contributed by atoms with E-state index in [4.69, 9.17) is 39.0 Å². The third-order valence-electron chi connectivity index (χ3n) is 12.4. The van der Waals surface area contributed by atoms with Crippen LogP contribution in [0.1, 0.15) is 87.1 Å². The first-order valence-electron chi connectivity index (χ1n) is 21.5. The molecule has 0 spiro atoms. The first-order chi connectivity index (χ1) is 29.7. The number of aromatic nitrogens is 3. The summed E-state index contributed by atoms with van der Waals surface area (Å²) in [5, 5.41) is 20.4. The molecule has 0 saturated carbocycles. The van der Waals surface area contributed by atoms with Crippen molar-refractivity contribution in [3.63, 3.8) is 0 Å². The number of ether oxygens (including phenoxy) is 6. The lowest BCUT2D eigenvalue weighted by molar-refractivity contribution is -0.296. The van der Waals surface area contributed by atoms with Crippen LogP contribution in [0, 0.1) is 23.7 Å². The van der Waals surface area contributed by atoms with Gasteiger partial charge in [-0.2, -0.15) is 5.10 Å². The quantitative estimate of drug-likeness (QED) is 0.207. The van der Waals surface area contributed by atoms with E-state index in [-0.39, 0.29) is 50.5 Å². The van der Waals surface area contributed by atoms with E-state index in [2.05, 4.69) is 20.2 Å². The van der Waals surface area contributed by atoms with Gasteiger partial charge in [-0.25, -0.2) is 19.5 Å². The summed E-state index contributed by atoms with van der Waals surface area (Å²) in [5.74, 6) is -5.15. The smallest absolute Gasteiger partial charge is 0.405 e. The molecule has 5 heterocycles. The number of aliphatic hydroxyl groups is 1. The highest BCUT2D eigenvalue weighted by atomic mass is 16.7. The van der Waals surface area contributed by atoms with Crippen LogP contribution in [0.5, 0.6) is 0 Å². The second-order valence-electron chi connectivity index (χ2n) is 17.7. The van der Waals surface area contributed by atoms with Crippen molar-refractivity contribution in [1.82, 2.24) is 19.7 Å². The molecule has 0 aromatic carbocycles. The number of likely N-dealkylation sites (N-methyl/N-ethyl adjacent to an activating group) is 1. The third-order valence-corrected chi connectivity index (χ3v) is 12.4. The molecule has 348 valence electrons. The highest BCUT2D eigenvalue weighted by Crippen LogP contribution is 2.41. The Kier molecular flexibility index (Phi) is 16.4. The van der Waals surface area contributed by atoms with Crippen molar-refractivity contribution in [1.29, 1.82) is 0 Å². The number of ketones is 1. The molecule has 0 radical (unpaired) electrons. The van der Waals surface area contributed by atoms with Gasteiger partial charge in [0.25, 0.3) is 0 Å². The van der Waals surface area contributed by atoms with Crippen molar-refractivity contribution >= 4 is 35.2 Å². The number of carbonyl (C=O) groups is 4. The number of nitrogens with two attached hydrogens (primary N) is 1. The van der Waals surface area contributed by atoms with Gasteiger partial charge >= 0.3 is 12.1 Å². The van der Waals surface area contributed by atoms with Gasteiger partial charge in [-0.15, -0.1) is 0 Å². The Morgan fingerprint density at radius 3 is 2.43 bits per heavy atom. The molecule has 19 nitrogen and oxygen atoms in total. The summed E-state index contributed by atoms with van der Waals surface area (Å²) in [6, 6.07) is 5.06. The topological polar surface area (TPSA) is 238 Å². The van der Waals surface area contributed by atoms with E-state index < -0.39 is 89.3 Å². The summed E-state index contributed by atoms with van der Waals surface area (Å²) in [5.41, 5.74) is 3.75. The molecule has 0 aliphatic carbocycles. The fourth-order valence-electron chi connectivity index (χ4n) is 9.16. The highest BCUT2D eigenvalue weighted by molar-refractivity contribution is 6.00. The van der Waals surface area contributed by atoms with E-state index >= 15 is 0 Å². The van der Waals surface area contributed by atoms with Crippen LogP contribution in [0.3, 0.4) is 0 Å². The SMILES string of the molecule is CC[C@H]1OC(=O)C(C)C(=O)[C@H](C)[C@@H](O[C@@H]2O[C@H](C)C[C@H](N(C)C)[C@H]2O)[C@@]2(C)C[C@@H](C)C(=NC(C)=O)[C@H](C)[C@@H](OC/C(=N/OCc3ccc(-n4cccn4)nc3)CO2)[C@]1(C)OC(N)=O. The number of cyclic esters (lactones) is 1. The number of pyridine rings is 1. The number of amides is 2. The van der Waals surface area contributed by atoms with Gasteiger partial charge in [0.15, 0.2) is 23.5 Å². The van der Waals surface area contributed by atoms with E-state index in [1.807, 2.05) is 38.9 Å². The summed E-state index contributed by atoms with van der Waals surface area (Å²) in [4.78, 5) is 71.3. The van der Waals surface area contributed by atoms with Gasteiger partial charge in [-0.05, 0) is 79.1 Å². The molecule has 5 rings (SSSR count). The number of rotatable bonds is 9. The normalized spacial score (nSPS) is 36.2. The zero-order valence-corrected chi connectivity index (χ0v) is 38.3. The van der Waals surface area contributed by atoms with Gasteiger partial charge in [0.1, 0.15) is 36.5 Å². The van der Waals surface area contributed by atoms with E-state index in [9.17, 15) is 24.3 Å². The largest absolute Gasteiger partial charge is 0.457 e. The molecular weight excluding hydrogens is 819 g/mol. The third kappa shape index (κ3) is 11.5. The van der Waals surface area contributed by atoms with Crippen molar-refractivity contribution in [2.45, 2.75) is 142 Å². The molecule has 3 saturated heterocycles. The first-order valence-corrected chi connectivity index (χ1v) is 21.5. The Morgan fingerprint density at radius 1 is 1.10 bits per heavy atom. The van der Waals surface area contributed by atoms with Crippen LogP contribution in [-0.2, 0) is 54.2 Å². The standard InChI is InChI=1S/C44H65N7O12/c1-12-33-44(9,63-42(45)56)39-26(4)35(48-29(7)52)24(2)19-43(8,58-23-31(22-57-39)49-59-21-30-14-15-34(46-20-30)51-17-13-16-47-51)38(27(5)36(53)28(6)40(55)61-33)62-41-37(54)32(50(10)11)18-25(3)60-41/h13-17,20,24-28,32-33,37-39,41,54H,12,18-19,21-23H2,1-11H3,(H2,45,56)/b48-35?,49-31-/t24-,25-,26+,27+,28?,32+,33-,37-,38-,39-,41+,43-,44-/m1/s1. The van der Waals surface area contributed by atoms with E-state index in [1.165, 1.54) is 20.8 Å². The number of hydrogen-bond donors (Lipinski definition) is 2. The Hall–Kier alpha value is -4.66. The molecule has 2 aromatic rings. The molecular formula is C44H65N7O12. The second-order valence-corrected chi connectivity index (χ2v) is 17.7. The minimum Gasteiger partial charge on any atom is -0.457 e.